The quantitative estimate of drug-likeness (QED) is 0.625. The Morgan fingerprint density at radius 3 is 2.50 bits per heavy atom. The van der Waals surface area contributed by atoms with Gasteiger partial charge in [-0.15, -0.1) is 0 Å². The lowest BCUT2D eigenvalue weighted by atomic mass is 9.99. The third-order valence-electron chi connectivity index (χ3n) is 4.51. The molecule has 0 aliphatic heterocycles. The first-order valence-electron chi connectivity index (χ1n) is 9.51. The largest absolute Gasteiger partial charge is 0.494 e. The standard InChI is InChI=1S/C24H26N2O2/c1-3-28-22-14-9-10-19(16-22)17-25-24(27)26(2)18-21-13-7-8-15-23(21)20-11-5-4-6-12-20/h4-16H,3,17-18H2,1-2H3,(H,25,27). The van der Waals surface area contributed by atoms with E-state index in [0.717, 1.165) is 28.0 Å². The zero-order valence-electron chi connectivity index (χ0n) is 16.4. The third kappa shape index (κ3) is 5.13. The van der Waals surface area contributed by atoms with Crippen LogP contribution in [0.4, 0.5) is 4.79 Å². The monoisotopic (exact) mass is 374 g/mol. The van der Waals surface area contributed by atoms with Crippen molar-refractivity contribution in [3.05, 3.63) is 90.0 Å². The van der Waals surface area contributed by atoms with Gasteiger partial charge in [0.1, 0.15) is 5.75 Å². The lowest BCUT2D eigenvalue weighted by Crippen LogP contribution is -2.36. The van der Waals surface area contributed by atoms with Crippen molar-refractivity contribution in [1.29, 1.82) is 0 Å². The average molecular weight is 374 g/mol. The maximum atomic E-state index is 12.6. The maximum absolute atomic E-state index is 12.6. The lowest BCUT2D eigenvalue weighted by molar-refractivity contribution is 0.206. The summed E-state index contributed by atoms with van der Waals surface area (Å²) in [6.45, 7) is 3.58. The number of carbonyl (C=O) groups excluding carboxylic acids is 1. The predicted molar refractivity (Wildman–Crippen MR) is 113 cm³/mol. The molecule has 144 valence electrons. The molecule has 0 saturated carbocycles. The van der Waals surface area contributed by atoms with Crippen LogP contribution in [0.5, 0.6) is 5.75 Å². The smallest absolute Gasteiger partial charge is 0.317 e. The summed E-state index contributed by atoms with van der Waals surface area (Å²) in [5.41, 5.74) is 4.42. The Morgan fingerprint density at radius 1 is 0.964 bits per heavy atom. The molecular weight excluding hydrogens is 348 g/mol. The number of benzene rings is 3. The third-order valence-corrected chi connectivity index (χ3v) is 4.51. The van der Waals surface area contributed by atoms with E-state index in [4.69, 9.17) is 4.74 Å². The van der Waals surface area contributed by atoms with Crippen LogP contribution < -0.4 is 10.1 Å². The van der Waals surface area contributed by atoms with Gasteiger partial charge in [-0.1, -0.05) is 66.7 Å². The molecule has 4 heteroatoms. The van der Waals surface area contributed by atoms with Gasteiger partial charge in [0.25, 0.3) is 0 Å². The molecule has 3 aromatic rings. The van der Waals surface area contributed by atoms with Gasteiger partial charge in [0.15, 0.2) is 0 Å². The van der Waals surface area contributed by atoms with E-state index < -0.39 is 0 Å². The fraction of sp³-hybridized carbons (Fsp3) is 0.208. The highest BCUT2D eigenvalue weighted by molar-refractivity contribution is 5.75. The molecule has 3 aromatic carbocycles. The summed E-state index contributed by atoms with van der Waals surface area (Å²) in [7, 11) is 1.81. The SMILES string of the molecule is CCOc1cccc(CNC(=O)N(C)Cc2ccccc2-c2ccccc2)c1. The first-order chi connectivity index (χ1) is 13.7. The number of hydrogen-bond donors (Lipinski definition) is 1. The Morgan fingerprint density at radius 2 is 1.71 bits per heavy atom. The van der Waals surface area contributed by atoms with E-state index >= 15 is 0 Å². The second-order valence-electron chi connectivity index (χ2n) is 6.62. The van der Waals surface area contributed by atoms with Gasteiger partial charge in [-0.05, 0) is 41.3 Å². The Hall–Kier alpha value is -3.27. The molecule has 0 aliphatic carbocycles. The topological polar surface area (TPSA) is 41.6 Å². The van der Waals surface area contributed by atoms with Gasteiger partial charge in [0.05, 0.1) is 6.61 Å². The number of nitrogens with one attached hydrogen (secondary N) is 1. The Kier molecular flexibility index (Phi) is 6.68. The fourth-order valence-corrected chi connectivity index (χ4v) is 3.11. The van der Waals surface area contributed by atoms with E-state index in [2.05, 4.69) is 29.6 Å². The van der Waals surface area contributed by atoms with Crippen LogP contribution in [0, 0.1) is 0 Å². The molecule has 1 N–H and O–H groups in total. The minimum Gasteiger partial charge on any atom is -0.494 e. The summed E-state index contributed by atoms with van der Waals surface area (Å²) < 4.78 is 5.51. The van der Waals surface area contributed by atoms with Crippen molar-refractivity contribution in [3.8, 4) is 16.9 Å². The molecule has 0 aromatic heterocycles. The van der Waals surface area contributed by atoms with Gasteiger partial charge in [-0.2, -0.15) is 0 Å². The maximum Gasteiger partial charge on any atom is 0.317 e. The number of urea groups is 1. The average Bonchev–Trinajstić information content (AvgIpc) is 2.73. The second kappa shape index (κ2) is 9.60. The predicted octanol–water partition coefficient (Wildman–Crippen LogP) is 5.09. The highest BCUT2D eigenvalue weighted by Crippen LogP contribution is 2.24. The summed E-state index contributed by atoms with van der Waals surface area (Å²) in [6, 6.07) is 26.1. The van der Waals surface area contributed by atoms with Gasteiger partial charge in [-0.3, -0.25) is 0 Å². The summed E-state index contributed by atoms with van der Waals surface area (Å²) >= 11 is 0. The highest BCUT2D eigenvalue weighted by atomic mass is 16.5. The molecule has 28 heavy (non-hydrogen) atoms. The van der Waals surface area contributed by atoms with Crippen molar-refractivity contribution in [2.24, 2.45) is 0 Å². The molecular formula is C24H26N2O2. The number of hydrogen-bond acceptors (Lipinski definition) is 2. The molecule has 0 atom stereocenters. The number of carbonyl (C=O) groups is 1. The second-order valence-corrected chi connectivity index (χ2v) is 6.62. The summed E-state index contributed by atoms with van der Waals surface area (Å²) in [4.78, 5) is 14.3. The van der Waals surface area contributed by atoms with Crippen molar-refractivity contribution >= 4 is 6.03 Å². The Labute approximate surface area is 166 Å². The van der Waals surface area contributed by atoms with Crippen molar-refractivity contribution in [1.82, 2.24) is 10.2 Å². The normalized spacial score (nSPS) is 10.4. The van der Waals surface area contributed by atoms with E-state index in [0.29, 0.717) is 19.7 Å². The zero-order valence-corrected chi connectivity index (χ0v) is 16.4. The van der Waals surface area contributed by atoms with Crippen LogP contribution in [-0.4, -0.2) is 24.6 Å². The molecule has 0 heterocycles. The molecule has 0 unspecified atom stereocenters. The zero-order chi connectivity index (χ0) is 19.8. The molecule has 0 radical (unpaired) electrons. The van der Waals surface area contributed by atoms with Crippen LogP contribution in [0.1, 0.15) is 18.1 Å². The van der Waals surface area contributed by atoms with Crippen LogP contribution >= 0.6 is 0 Å². The van der Waals surface area contributed by atoms with E-state index in [9.17, 15) is 4.79 Å². The first kappa shape index (κ1) is 19.5. The van der Waals surface area contributed by atoms with Gasteiger partial charge in [0.2, 0.25) is 0 Å². The summed E-state index contributed by atoms with van der Waals surface area (Å²) in [6.07, 6.45) is 0. The van der Waals surface area contributed by atoms with Gasteiger partial charge >= 0.3 is 6.03 Å². The number of amides is 2. The van der Waals surface area contributed by atoms with E-state index in [-0.39, 0.29) is 6.03 Å². The molecule has 0 saturated heterocycles. The van der Waals surface area contributed by atoms with Gasteiger partial charge < -0.3 is 15.0 Å². The van der Waals surface area contributed by atoms with Crippen molar-refractivity contribution in [2.75, 3.05) is 13.7 Å². The minimum absolute atomic E-state index is 0.107. The summed E-state index contributed by atoms with van der Waals surface area (Å²) in [5.74, 6) is 0.819. The van der Waals surface area contributed by atoms with Gasteiger partial charge in [-0.25, -0.2) is 4.79 Å². The molecule has 0 spiro atoms. The first-order valence-corrected chi connectivity index (χ1v) is 9.51. The number of rotatable bonds is 7. The van der Waals surface area contributed by atoms with Crippen LogP contribution in [0.2, 0.25) is 0 Å². The molecule has 2 amide bonds. The van der Waals surface area contributed by atoms with Crippen LogP contribution in [0.3, 0.4) is 0 Å². The number of ether oxygens (including phenoxy) is 1. The van der Waals surface area contributed by atoms with E-state index in [1.54, 1.807) is 4.90 Å². The Bertz CT molecular complexity index is 909. The Balaban J connectivity index is 1.63. The number of nitrogens with zero attached hydrogens (tertiary/aromatic N) is 1. The van der Waals surface area contributed by atoms with Gasteiger partial charge in [0, 0.05) is 20.1 Å². The summed E-state index contributed by atoms with van der Waals surface area (Å²) in [5, 5.41) is 2.98. The lowest BCUT2D eigenvalue weighted by Gasteiger charge is -2.20. The van der Waals surface area contributed by atoms with Crippen LogP contribution in [-0.2, 0) is 13.1 Å². The highest BCUT2D eigenvalue weighted by Gasteiger charge is 2.12. The minimum atomic E-state index is -0.107. The van der Waals surface area contributed by atoms with Crippen LogP contribution in [0.15, 0.2) is 78.9 Å². The molecule has 3 rings (SSSR count). The molecule has 0 bridgehead atoms. The van der Waals surface area contributed by atoms with Crippen molar-refractivity contribution in [2.45, 2.75) is 20.0 Å². The van der Waals surface area contributed by atoms with Crippen molar-refractivity contribution in [3.63, 3.8) is 0 Å². The molecule has 0 fully saturated rings. The van der Waals surface area contributed by atoms with E-state index in [1.165, 1.54) is 0 Å². The molecule has 0 aliphatic rings. The van der Waals surface area contributed by atoms with Crippen LogP contribution in [0.25, 0.3) is 11.1 Å². The molecule has 4 nitrogen and oxygen atoms in total. The van der Waals surface area contributed by atoms with Crippen molar-refractivity contribution < 1.29 is 9.53 Å². The fourth-order valence-electron chi connectivity index (χ4n) is 3.11. The van der Waals surface area contributed by atoms with E-state index in [1.807, 2.05) is 68.6 Å².